The summed E-state index contributed by atoms with van der Waals surface area (Å²) in [6, 6.07) is -1.78. The van der Waals surface area contributed by atoms with Crippen molar-refractivity contribution in [2.75, 3.05) is 18.4 Å². The molecule has 5 nitrogen and oxygen atoms in total. The Labute approximate surface area is 172 Å². The van der Waals surface area contributed by atoms with Gasteiger partial charge in [-0.3, -0.25) is 4.90 Å². The van der Waals surface area contributed by atoms with E-state index in [9.17, 15) is 4.39 Å². The maximum atomic E-state index is 14.1. The lowest BCUT2D eigenvalue weighted by Gasteiger charge is -2.32. The molecular formula is C20H24FN5S. The number of aromatic nitrogens is 3. The minimum absolute atomic E-state index is 0.112. The van der Waals surface area contributed by atoms with Gasteiger partial charge in [0.05, 0.1) is 10.5 Å². The second kappa shape index (κ2) is 7.86. The van der Waals surface area contributed by atoms with Crippen LogP contribution >= 0.6 is 11.3 Å². The number of likely N-dealkylation sites (tertiary alicyclic amines) is 1. The summed E-state index contributed by atoms with van der Waals surface area (Å²) in [6.07, 6.45) is 1.64. The normalized spacial score (nSPS) is 22.7. The SMILES string of the molecule is [2H]c1cc([2H])c(C([2H])N2CCC([2H])(N([2H])c3ncnc4sc(C([2H])(C)C)nc34)CC2)c([2H])c1F. The summed E-state index contributed by atoms with van der Waals surface area (Å²) in [5.74, 6) is -1.82. The summed E-state index contributed by atoms with van der Waals surface area (Å²) < 4.78 is 71.9. The quantitative estimate of drug-likeness (QED) is 0.696. The molecule has 0 radical (unpaired) electrons. The Bertz CT molecular complexity index is 1230. The first kappa shape index (κ1) is 11.7. The average molecular weight is 393 g/mol. The second-order valence-corrected chi connectivity index (χ2v) is 7.48. The van der Waals surface area contributed by atoms with Crippen LogP contribution in [0.5, 0.6) is 0 Å². The van der Waals surface area contributed by atoms with Crippen molar-refractivity contribution in [1.29, 1.82) is 0 Å². The Morgan fingerprint density at radius 3 is 3.07 bits per heavy atom. The first-order chi connectivity index (χ1) is 15.8. The highest BCUT2D eigenvalue weighted by Crippen LogP contribution is 2.29. The van der Waals surface area contributed by atoms with Gasteiger partial charge in [0.25, 0.3) is 0 Å². The van der Waals surface area contributed by atoms with Gasteiger partial charge in [0, 0.05) is 34.3 Å². The van der Waals surface area contributed by atoms with E-state index in [-0.39, 0.29) is 43.4 Å². The Morgan fingerprint density at radius 2 is 2.30 bits per heavy atom. The van der Waals surface area contributed by atoms with E-state index >= 15 is 0 Å². The smallest absolute Gasteiger partial charge is 0.162 e. The van der Waals surface area contributed by atoms with Crippen LogP contribution in [0.3, 0.4) is 0 Å². The van der Waals surface area contributed by atoms with Gasteiger partial charge in [-0.25, -0.2) is 19.3 Å². The fraction of sp³-hybridized carbons (Fsp3) is 0.450. The number of anilines is 1. The fourth-order valence-corrected chi connectivity index (χ4v) is 3.69. The van der Waals surface area contributed by atoms with Crippen molar-refractivity contribution in [3.8, 4) is 0 Å². The number of halogens is 1. The maximum absolute atomic E-state index is 14.1. The number of hydrogen-bond acceptors (Lipinski definition) is 6. The summed E-state index contributed by atoms with van der Waals surface area (Å²) in [4.78, 5) is 15.0. The summed E-state index contributed by atoms with van der Waals surface area (Å²) >= 11 is 1.25. The number of benzene rings is 1. The Balaban J connectivity index is 1.56. The molecule has 7 heteroatoms. The molecule has 1 fully saturated rings. The predicted molar refractivity (Wildman–Crippen MR) is 108 cm³/mol. The van der Waals surface area contributed by atoms with Crippen LogP contribution < -0.4 is 5.31 Å². The van der Waals surface area contributed by atoms with Crippen LogP contribution in [0.1, 0.15) is 51.4 Å². The van der Waals surface area contributed by atoms with Crippen LogP contribution in [-0.4, -0.2) is 39.0 Å². The van der Waals surface area contributed by atoms with Crippen LogP contribution in [0, 0.1) is 5.82 Å². The zero-order valence-corrected chi connectivity index (χ0v) is 15.9. The molecule has 0 spiro atoms. The van der Waals surface area contributed by atoms with E-state index in [2.05, 4.69) is 15.0 Å². The number of thiazole rings is 1. The first-order valence-electron chi connectivity index (χ1n) is 12.2. The van der Waals surface area contributed by atoms with Crippen LogP contribution in [0.4, 0.5) is 10.2 Å². The molecule has 0 aliphatic carbocycles. The van der Waals surface area contributed by atoms with Crippen molar-refractivity contribution in [1.82, 2.24) is 19.9 Å². The van der Waals surface area contributed by atoms with Crippen LogP contribution in [0.25, 0.3) is 10.3 Å². The van der Waals surface area contributed by atoms with Gasteiger partial charge < -0.3 is 5.31 Å². The first-order valence-corrected chi connectivity index (χ1v) is 9.49. The van der Waals surface area contributed by atoms with Crippen molar-refractivity contribution >= 4 is 27.5 Å². The lowest BCUT2D eigenvalue weighted by molar-refractivity contribution is 0.211. The Kier molecular flexibility index (Phi) is 3.39. The number of hydrogen-bond donors (Lipinski definition) is 1. The number of piperidine rings is 1. The molecule has 0 bridgehead atoms. The highest BCUT2D eigenvalue weighted by atomic mass is 32.1. The molecule has 1 N–H and O–H groups in total. The van der Waals surface area contributed by atoms with Gasteiger partial charge in [-0.1, -0.05) is 37.3 Å². The number of nitrogens with one attached hydrogen (secondary N) is 1. The van der Waals surface area contributed by atoms with Crippen LogP contribution in [0.15, 0.2) is 30.5 Å². The van der Waals surface area contributed by atoms with Gasteiger partial charge in [0.1, 0.15) is 22.5 Å². The lowest BCUT2D eigenvalue weighted by atomic mass is 10.0. The van der Waals surface area contributed by atoms with Crippen molar-refractivity contribution in [3.05, 3.63) is 46.9 Å². The van der Waals surface area contributed by atoms with E-state index < -0.39 is 36.3 Å². The van der Waals surface area contributed by atoms with Crippen molar-refractivity contribution < 1.29 is 14.0 Å². The third-order valence-corrected chi connectivity index (χ3v) is 5.41. The minimum atomic E-state index is -1.37. The largest absolute Gasteiger partial charge is 0.365 e. The monoisotopic (exact) mass is 392 g/mol. The van der Waals surface area contributed by atoms with E-state index in [0.717, 1.165) is 11.4 Å². The van der Waals surface area contributed by atoms with Gasteiger partial charge in [-0.05, 0) is 30.5 Å². The zero-order valence-electron chi connectivity index (χ0n) is 22.1. The van der Waals surface area contributed by atoms with Crippen molar-refractivity contribution in [2.45, 2.75) is 45.1 Å². The minimum Gasteiger partial charge on any atom is -0.365 e. The molecule has 4 rings (SSSR count). The molecule has 1 aromatic carbocycles. The summed E-state index contributed by atoms with van der Waals surface area (Å²) in [7, 11) is 0. The summed E-state index contributed by atoms with van der Waals surface area (Å²) in [5, 5.41) is 1.54. The van der Waals surface area contributed by atoms with E-state index in [0.29, 0.717) is 15.4 Å². The van der Waals surface area contributed by atoms with E-state index in [1.54, 1.807) is 18.7 Å². The molecule has 0 amide bonds. The lowest BCUT2D eigenvalue weighted by Crippen LogP contribution is -2.38. The number of fused-ring (bicyclic) bond motifs is 1. The van der Waals surface area contributed by atoms with Gasteiger partial charge in [0.15, 0.2) is 7.23 Å². The topological polar surface area (TPSA) is 53.9 Å². The fourth-order valence-electron chi connectivity index (χ4n) is 2.83. The molecule has 1 atom stereocenters. The average Bonchev–Trinajstić information content (AvgIpc) is 3.23. The number of nitrogens with zero attached hydrogens (tertiary/aromatic N) is 4. The van der Waals surface area contributed by atoms with Gasteiger partial charge in [0.2, 0.25) is 0 Å². The molecule has 1 unspecified atom stereocenters. The van der Waals surface area contributed by atoms with Crippen LogP contribution in [0.2, 0.25) is 1.41 Å². The van der Waals surface area contributed by atoms with E-state index in [1.807, 2.05) is 0 Å². The molecule has 142 valence electrons. The molecule has 27 heavy (non-hydrogen) atoms. The molecule has 1 aliphatic heterocycles. The number of rotatable bonds is 5. The molecular weight excluding hydrogens is 361 g/mol. The highest BCUT2D eigenvalue weighted by Gasteiger charge is 2.21. The van der Waals surface area contributed by atoms with Gasteiger partial charge >= 0.3 is 0 Å². The highest BCUT2D eigenvalue weighted by molar-refractivity contribution is 7.18. The van der Waals surface area contributed by atoms with Crippen LogP contribution in [-0.2, 0) is 6.52 Å². The maximum Gasteiger partial charge on any atom is 0.162 e. The summed E-state index contributed by atoms with van der Waals surface area (Å²) in [5.41, 5.74) is 0.258. The molecule has 3 aromatic rings. The predicted octanol–water partition coefficient (Wildman–Crippen LogP) is 4.43. The zero-order chi connectivity index (χ0) is 25.0. The van der Waals surface area contributed by atoms with E-state index in [4.69, 9.17) is 9.64 Å². The molecule has 0 saturated carbocycles. The molecule has 3 heterocycles. The summed E-state index contributed by atoms with van der Waals surface area (Å²) in [6.45, 7) is 2.66. The molecule has 2 aromatic heterocycles. The third-order valence-electron chi connectivity index (χ3n) is 4.23. The third kappa shape index (κ3) is 4.25. The standard InChI is InChI=1S/C20H24FN5S/c1-13(2)19-25-17-18(22-12-23-20(17)27-19)24-16-6-8-26(9-7-16)11-14-4-3-5-15(21)10-14/h3-5,10,12-13,16H,6-9,11H2,1-2H3,(H,22,23,24)/i4D,5D,10D,11D,13D,16D/hD. The van der Waals surface area contributed by atoms with Crippen molar-refractivity contribution in [3.63, 3.8) is 0 Å². The van der Waals surface area contributed by atoms with E-state index in [1.165, 1.54) is 17.7 Å². The van der Waals surface area contributed by atoms with Gasteiger partial charge in [-0.15, -0.1) is 0 Å². The molecule has 1 saturated heterocycles. The van der Waals surface area contributed by atoms with Gasteiger partial charge in [-0.2, -0.15) is 0 Å². The van der Waals surface area contributed by atoms with Crippen molar-refractivity contribution in [2.24, 2.45) is 0 Å². The second-order valence-electron chi connectivity index (χ2n) is 6.50. The Hall–Kier alpha value is -2.12. The molecule has 1 aliphatic rings. The Morgan fingerprint density at radius 1 is 1.48 bits per heavy atom.